The lowest BCUT2D eigenvalue weighted by atomic mass is 9.98. The molecule has 8 aromatic carbocycles. The van der Waals surface area contributed by atoms with Gasteiger partial charge in [-0.3, -0.25) is 0 Å². The number of anilines is 3. The van der Waals surface area contributed by atoms with E-state index >= 15 is 0 Å². The molecule has 2 aromatic heterocycles. The van der Waals surface area contributed by atoms with E-state index in [9.17, 15) is 0 Å². The predicted molar refractivity (Wildman–Crippen MR) is 222 cm³/mol. The highest BCUT2D eigenvalue weighted by Gasteiger charge is 2.31. The highest BCUT2D eigenvalue weighted by Crippen LogP contribution is 2.54. The van der Waals surface area contributed by atoms with E-state index in [-0.39, 0.29) is 0 Å². The normalized spacial score (nSPS) is 12.1. The number of hydrogen-bond donors (Lipinski definition) is 0. The second-order valence-electron chi connectivity index (χ2n) is 13.7. The third-order valence-corrected chi connectivity index (χ3v) is 10.9. The van der Waals surface area contributed by atoms with Gasteiger partial charge in [-0.1, -0.05) is 133 Å². The number of aromatic nitrogens is 2. The van der Waals surface area contributed by atoms with Crippen LogP contribution in [0.5, 0.6) is 0 Å². The third-order valence-electron chi connectivity index (χ3n) is 10.9. The van der Waals surface area contributed by atoms with Crippen LogP contribution in [0.3, 0.4) is 0 Å². The zero-order valence-corrected chi connectivity index (χ0v) is 28.9. The molecule has 0 saturated carbocycles. The summed E-state index contributed by atoms with van der Waals surface area (Å²) in [4.78, 5) is 2.43. The Bertz CT molecular complexity index is 2930. The zero-order chi connectivity index (χ0) is 34.9. The molecule has 0 amide bonds. The minimum atomic E-state index is 1.12. The van der Waals surface area contributed by atoms with Crippen LogP contribution in [0.1, 0.15) is 0 Å². The largest absolute Gasteiger partial charge is 0.309 e. The Morgan fingerprint density at radius 2 is 0.717 bits per heavy atom. The molecule has 0 N–H and O–H groups in total. The molecule has 1 aliphatic heterocycles. The van der Waals surface area contributed by atoms with Crippen molar-refractivity contribution in [1.82, 2.24) is 9.13 Å². The van der Waals surface area contributed by atoms with Crippen molar-refractivity contribution in [3.05, 3.63) is 200 Å². The molecule has 0 bridgehead atoms. The van der Waals surface area contributed by atoms with Crippen LogP contribution in [-0.2, 0) is 0 Å². The Morgan fingerprint density at radius 1 is 0.283 bits per heavy atom. The second kappa shape index (κ2) is 11.7. The molecule has 0 radical (unpaired) electrons. The average Bonchev–Trinajstić information content (AvgIpc) is 3.71. The van der Waals surface area contributed by atoms with Crippen molar-refractivity contribution in [2.24, 2.45) is 0 Å². The molecule has 3 heteroatoms. The SMILES string of the molecule is c1ccc(-n2c3c(c4ccccc42)-c2ccccc2N(c2ccc(-c4ccc(-n5c6ccccc6c6ccccc65)cc4)cc2)c2ccccc2-3)cc1. The van der Waals surface area contributed by atoms with Crippen molar-refractivity contribution < 1.29 is 0 Å². The van der Waals surface area contributed by atoms with Crippen LogP contribution in [0.4, 0.5) is 17.1 Å². The van der Waals surface area contributed by atoms with Gasteiger partial charge < -0.3 is 14.0 Å². The molecule has 0 spiro atoms. The summed E-state index contributed by atoms with van der Waals surface area (Å²) in [5, 5.41) is 3.80. The molecule has 3 heterocycles. The van der Waals surface area contributed by atoms with Gasteiger partial charge in [0.1, 0.15) is 0 Å². The summed E-state index contributed by atoms with van der Waals surface area (Å²) in [6, 6.07) is 72.6. The number of nitrogens with zero attached hydrogens (tertiary/aromatic N) is 3. The first-order valence-corrected chi connectivity index (χ1v) is 18.2. The van der Waals surface area contributed by atoms with E-state index in [1.807, 2.05) is 0 Å². The van der Waals surface area contributed by atoms with Crippen LogP contribution in [0.2, 0.25) is 0 Å². The minimum Gasteiger partial charge on any atom is -0.309 e. The summed E-state index contributed by atoms with van der Waals surface area (Å²) >= 11 is 0. The first-order valence-electron chi connectivity index (χ1n) is 18.2. The molecule has 0 atom stereocenters. The number of para-hydroxylation sites is 6. The van der Waals surface area contributed by atoms with Crippen molar-refractivity contribution in [3.63, 3.8) is 0 Å². The first-order chi connectivity index (χ1) is 26.3. The van der Waals surface area contributed by atoms with Crippen LogP contribution >= 0.6 is 0 Å². The van der Waals surface area contributed by atoms with Gasteiger partial charge in [-0.25, -0.2) is 0 Å². The highest BCUT2D eigenvalue weighted by atomic mass is 15.2. The average molecular weight is 676 g/mol. The van der Waals surface area contributed by atoms with Crippen molar-refractivity contribution in [2.45, 2.75) is 0 Å². The Labute approximate surface area is 307 Å². The lowest BCUT2D eigenvalue weighted by molar-refractivity contribution is 1.13. The van der Waals surface area contributed by atoms with E-state index in [0.717, 1.165) is 28.4 Å². The Morgan fingerprint density at radius 3 is 1.34 bits per heavy atom. The third kappa shape index (κ3) is 4.47. The van der Waals surface area contributed by atoms with Crippen LogP contribution in [0.25, 0.3) is 77.6 Å². The van der Waals surface area contributed by atoms with Gasteiger partial charge in [0.25, 0.3) is 0 Å². The lowest BCUT2D eigenvalue weighted by Gasteiger charge is -2.27. The van der Waals surface area contributed by atoms with E-state index in [1.165, 1.54) is 66.2 Å². The molecule has 0 fully saturated rings. The molecular weight excluding hydrogens is 643 g/mol. The Balaban J connectivity index is 1.04. The lowest BCUT2D eigenvalue weighted by Crippen LogP contribution is -2.11. The van der Waals surface area contributed by atoms with Crippen molar-refractivity contribution in [1.29, 1.82) is 0 Å². The fourth-order valence-electron chi connectivity index (χ4n) is 8.58. The standard InChI is InChI=1S/C50H33N3/c1-2-14-36(15-3-1)53-47-24-12-7-19-42(47)49-41-18-6-11-23-46(41)52(48-25-13-8-20-43(48)50(49)53)38-32-28-35(29-33-38)34-26-30-37(31-27-34)51-44-21-9-4-16-39(44)40-17-5-10-22-45(40)51/h1-33H. The fourth-order valence-corrected chi connectivity index (χ4v) is 8.58. The first kappa shape index (κ1) is 29.6. The van der Waals surface area contributed by atoms with Gasteiger partial charge in [0.2, 0.25) is 0 Å². The summed E-state index contributed by atoms with van der Waals surface area (Å²) < 4.78 is 4.81. The molecular formula is C50H33N3. The van der Waals surface area contributed by atoms with E-state index < -0.39 is 0 Å². The molecule has 1 aliphatic rings. The fraction of sp³-hybridized carbons (Fsp3) is 0. The van der Waals surface area contributed by atoms with E-state index in [1.54, 1.807) is 0 Å². The monoisotopic (exact) mass is 675 g/mol. The molecule has 3 nitrogen and oxygen atoms in total. The maximum atomic E-state index is 2.44. The van der Waals surface area contributed by atoms with Crippen LogP contribution in [0, 0.1) is 0 Å². The van der Waals surface area contributed by atoms with Gasteiger partial charge in [0.05, 0.1) is 33.6 Å². The van der Waals surface area contributed by atoms with E-state index in [2.05, 4.69) is 214 Å². The van der Waals surface area contributed by atoms with E-state index in [0.29, 0.717) is 0 Å². The minimum absolute atomic E-state index is 1.12. The van der Waals surface area contributed by atoms with Gasteiger partial charge in [0.15, 0.2) is 0 Å². The van der Waals surface area contributed by atoms with Gasteiger partial charge in [-0.05, 0) is 77.9 Å². The summed E-state index contributed by atoms with van der Waals surface area (Å²) in [6.07, 6.45) is 0. The molecule has 11 rings (SSSR count). The zero-order valence-electron chi connectivity index (χ0n) is 28.9. The predicted octanol–water partition coefficient (Wildman–Crippen LogP) is 13.5. The van der Waals surface area contributed by atoms with Crippen LogP contribution in [0.15, 0.2) is 200 Å². The summed E-state index contributed by atoms with van der Waals surface area (Å²) in [5.41, 5.74) is 16.7. The maximum absolute atomic E-state index is 2.44. The summed E-state index contributed by atoms with van der Waals surface area (Å²) in [5.74, 6) is 0. The topological polar surface area (TPSA) is 13.1 Å². The van der Waals surface area contributed by atoms with Gasteiger partial charge in [-0.15, -0.1) is 0 Å². The van der Waals surface area contributed by atoms with Crippen LogP contribution in [-0.4, -0.2) is 9.13 Å². The molecule has 248 valence electrons. The summed E-state index contributed by atoms with van der Waals surface area (Å²) in [6.45, 7) is 0. The molecule has 53 heavy (non-hydrogen) atoms. The Kier molecular flexibility index (Phi) is 6.55. The molecule has 0 saturated heterocycles. The molecule has 0 unspecified atom stereocenters. The highest BCUT2D eigenvalue weighted by molar-refractivity contribution is 6.13. The van der Waals surface area contributed by atoms with Gasteiger partial charge in [-0.2, -0.15) is 0 Å². The number of fused-ring (bicyclic) bond motifs is 10. The molecule has 10 aromatic rings. The quantitative estimate of drug-likeness (QED) is 0.181. The summed E-state index contributed by atoms with van der Waals surface area (Å²) in [7, 11) is 0. The van der Waals surface area contributed by atoms with Gasteiger partial charge >= 0.3 is 0 Å². The maximum Gasteiger partial charge on any atom is 0.0641 e. The van der Waals surface area contributed by atoms with Crippen LogP contribution < -0.4 is 4.90 Å². The van der Waals surface area contributed by atoms with Gasteiger partial charge in [0, 0.05) is 49.9 Å². The number of benzene rings is 8. The molecule has 0 aliphatic carbocycles. The van der Waals surface area contributed by atoms with Crippen molar-refractivity contribution >= 4 is 49.8 Å². The van der Waals surface area contributed by atoms with Crippen molar-refractivity contribution in [2.75, 3.05) is 4.90 Å². The smallest absolute Gasteiger partial charge is 0.0641 e. The van der Waals surface area contributed by atoms with E-state index in [4.69, 9.17) is 0 Å². The Hall–Kier alpha value is -7.10. The van der Waals surface area contributed by atoms with Crippen molar-refractivity contribution in [3.8, 4) is 44.9 Å². The number of hydrogen-bond acceptors (Lipinski definition) is 1. The second-order valence-corrected chi connectivity index (χ2v) is 13.7. The number of rotatable bonds is 4.